The molecule has 0 atom stereocenters. The topological polar surface area (TPSA) is 101 Å². The molecule has 0 aliphatic carbocycles. The number of hydrogen-bond acceptors (Lipinski definition) is 3. The molecule has 0 radical (unpaired) electrons. The molecule has 8 heteroatoms. The van der Waals surface area contributed by atoms with Gasteiger partial charge >= 0.3 is 0 Å². The molecule has 6 nitrogen and oxygen atoms in total. The first-order valence-electron chi connectivity index (χ1n) is 4.67. The molecular formula is C9H12ClN3O3S. The molecule has 1 rings (SSSR count). The van der Waals surface area contributed by atoms with E-state index in [-0.39, 0.29) is 23.9 Å². The molecule has 0 saturated heterocycles. The number of nitrogens with two attached hydrogens (primary N) is 1. The number of alkyl halides is 1. The summed E-state index contributed by atoms with van der Waals surface area (Å²) in [5.74, 6) is -0.0197. The van der Waals surface area contributed by atoms with Gasteiger partial charge in [-0.05, 0) is 18.2 Å². The van der Waals surface area contributed by atoms with Gasteiger partial charge in [0.2, 0.25) is 5.91 Å². The van der Waals surface area contributed by atoms with Crippen LogP contribution in [0.5, 0.6) is 0 Å². The van der Waals surface area contributed by atoms with Crippen molar-refractivity contribution in [3.63, 3.8) is 0 Å². The summed E-state index contributed by atoms with van der Waals surface area (Å²) < 4.78 is 23.7. The van der Waals surface area contributed by atoms with Gasteiger partial charge in [0.05, 0.1) is 5.69 Å². The zero-order chi connectivity index (χ0) is 12.9. The van der Waals surface area contributed by atoms with Gasteiger partial charge in [0, 0.05) is 18.0 Å². The maximum atomic E-state index is 11.3. The minimum Gasteiger partial charge on any atom is -0.326 e. The summed E-state index contributed by atoms with van der Waals surface area (Å²) in [5, 5.41) is 7.39. The lowest BCUT2D eigenvalue weighted by Gasteiger charge is -2.07. The van der Waals surface area contributed by atoms with E-state index in [1.807, 2.05) is 0 Å². The van der Waals surface area contributed by atoms with Gasteiger partial charge in [-0.2, -0.15) is 8.42 Å². The van der Waals surface area contributed by atoms with Crippen LogP contribution in [0.2, 0.25) is 0 Å². The Bertz CT molecular complexity index is 504. The molecule has 4 N–H and O–H groups in total. The van der Waals surface area contributed by atoms with Crippen LogP contribution in [-0.2, 0) is 15.0 Å². The lowest BCUT2D eigenvalue weighted by molar-refractivity contribution is -0.115. The third-order valence-electron chi connectivity index (χ3n) is 1.73. The Hall–Kier alpha value is -1.31. The van der Waals surface area contributed by atoms with E-state index >= 15 is 0 Å². The molecule has 0 heterocycles. The molecule has 0 aliphatic rings. The zero-order valence-corrected chi connectivity index (χ0v) is 10.4. The van der Waals surface area contributed by atoms with Crippen molar-refractivity contribution in [1.29, 1.82) is 0 Å². The molecule has 94 valence electrons. The van der Waals surface area contributed by atoms with Crippen molar-refractivity contribution in [2.75, 3.05) is 15.9 Å². The van der Waals surface area contributed by atoms with E-state index in [1.54, 1.807) is 12.1 Å². The van der Waals surface area contributed by atoms with Gasteiger partial charge < -0.3 is 5.32 Å². The van der Waals surface area contributed by atoms with E-state index in [0.29, 0.717) is 5.69 Å². The van der Waals surface area contributed by atoms with Crippen LogP contribution in [0.3, 0.4) is 0 Å². The maximum absolute atomic E-state index is 11.3. The lowest BCUT2D eigenvalue weighted by atomic mass is 10.3. The number of carbonyl (C=O) groups is 1. The smallest absolute Gasteiger partial charge is 0.296 e. The summed E-state index contributed by atoms with van der Waals surface area (Å²) in [6, 6.07) is 6.18. The van der Waals surface area contributed by atoms with Crippen LogP contribution < -0.4 is 15.2 Å². The number of halogens is 1. The largest absolute Gasteiger partial charge is 0.326 e. The molecule has 0 spiro atoms. The van der Waals surface area contributed by atoms with Crippen LogP contribution >= 0.6 is 11.6 Å². The molecule has 0 fully saturated rings. The van der Waals surface area contributed by atoms with Gasteiger partial charge in [0.1, 0.15) is 0 Å². The van der Waals surface area contributed by atoms with Crippen LogP contribution in [-0.4, -0.2) is 20.2 Å². The third kappa shape index (κ3) is 5.53. The third-order valence-corrected chi connectivity index (χ3v) is 2.44. The lowest BCUT2D eigenvalue weighted by Crippen LogP contribution is -2.21. The summed E-state index contributed by atoms with van der Waals surface area (Å²) in [5.41, 5.74) is 0.741. The fourth-order valence-electron chi connectivity index (χ4n) is 1.13. The number of hydrogen-bond donors (Lipinski definition) is 3. The summed E-state index contributed by atoms with van der Waals surface area (Å²) in [6.07, 6.45) is 0.189. The van der Waals surface area contributed by atoms with Gasteiger partial charge in [-0.15, -0.1) is 11.6 Å². The second kappa shape index (κ2) is 5.85. The highest BCUT2D eigenvalue weighted by atomic mass is 35.5. The number of nitrogens with one attached hydrogen (secondary N) is 2. The van der Waals surface area contributed by atoms with Gasteiger partial charge in [-0.25, -0.2) is 5.14 Å². The van der Waals surface area contributed by atoms with E-state index in [1.165, 1.54) is 12.1 Å². The Morgan fingerprint density at radius 1 is 1.35 bits per heavy atom. The molecule has 0 aliphatic heterocycles. The molecule has 0 saturated carbocycles. The Labute approximate surface area is 104 Å². The highest BCUT2D eigenvalue weighted by molar-refractivity contribution is 7.90. The number of benzene rings is 1. The minimum absolute atomic E-state index is 0.189. The van der Waals surface area contributed by atoms with Gasteiger partial charge in [0.25, 0.3) is 10.2 Å². The number of amides is 1. The minimum atomic E-state index is -3.82. The number of carbonyl (C=O) groups excluding carboxylic acids is 1. The zero-order valence-electron chi connectivity index (χ0n) is 8.81. The van der Waals surface area contributed by atoms with Crippen molar-refractivity contribution in [2.45, 2.75) is 6.42 Å². The van der Waals surface area contributed by atoms with Gasteiger partial charge in [-0.1, -0.05) is 6.07 Å². The quantitative estimate of drug-likeness (QED) is 0.696. The number of anilines is 2. The molecule has 1 amide bonds. The first-order valence-corrected chi connectivity index (χ1v) is 6.75. The Kier molecular flexibility index (Phi) is 4.73. The van der Waals surface area contributed by atoms with Crippen LogP contribution in [0.15, 0.2) is 24.3 Å². The Morgan fingerprint density at radius 3 is 2.59 bits per heavy atom. The maximum Gasteiger partial charge on any atom is 0.296 e. The predicted octanol–water partition coefficient (Wildman–Crippen LogP) is 0.869. The number of rotatable bonds is 5. The molecule has 0 bridgehead atoms. The van der Waals surface area contributed by atoms with Crippen molar-refractivity contribution in [3.05, 3.63) is 24.3 Å². The van der Waals surface area contributed by atoms with Crippen molar-refractivity contribution < 1.29 is 13.2 Å². The second-order valence-electron chi connectivity index (χ2n) is 3.22. The van der Waals surface area contributed by atoms with Crippen molar-refractivity contribution in [3.8, 4) is 0 Å². The van der Waals surface area contributed by atoms with E-state index in [4.69, 9.17) is 16.7 Å². The predicted molar refractivity (Wildman–Crippen MR) is 67.1 cm³/mol. The molecule has 0 unspecified atom stereocenters. The van der Waals surface area contributed by atoms with Crippen LogP contribution in [0.25, 0.3) is 0 Å². The van der Waals surface area contributed by atoms with E-state index in [9.17, 15) is 13.2 Å². The first kappa shape index (κ1) is 13.8. The molecule has 17 heavy (non-hydrogen) atoms. The Morgan fingerprint density at radius 2 is 2.00 bits per heavy atom. The first-order chi connectivity index (χ1) is 7.90. The molecule has 1 aromatic rings. The fourth-order valence-corrected chi connectivity index (χ4v) is 1.76. The molecule has 1 aromatic carbocycles. The summed E-state index contributed by atoms with van der Waals surface area (Å²) in [7, 11) is -3.82. The van der Waals surface area contributed by atoms with Crippen molar-refractivity contribution >= 4 is 39.1 Å². The van der Waals surface area contributed by atoms with E-state index < -0.39 is 10.2 Å². The second-order valence-corrected chi connectivity index (χ2v) is 4.89. The standard InChI is InChI=1S/C9H12ClN3O3S/c10-5-4-9(14)12-7-2-1-3-8(6-7)13-17(11,15)16/h1-3,6,13H,4-5H2,(H,12,14)(H2,11,15,16). The fraction of sp³-hybridized carbons (Fsp3) is 0.222. The van der Waals surface area contributed by atoms with E-state index in [0.717, 1.165) is 0 Å². The van der Waals surface area contributed by atoms with Crippen molar-refractivity contribution in [2.24, 2.45) is 5.14 Å². The summed E-state index contributed by atoms with van der Waals surface area (Å²) in [6.45, 7) is 0. The highest BCUT2D eigenvalue weighted by Crippen LogP contribution is 2.15. The van der Waals surface area contributed by atoms with Crippen LogP contribution in [0.1, 0.15) is 6.42 Å². The van der Waals surface area contributed by atoms with Crippen LogP contribution in [0.4, 0.5) is 11.4 Å². The Balaban J connectivity index is 2.76. The average molecular weight is 278 g/mol. The normalized spacial score (nSPS) is 10.9. The van der Waals surface area contributed by atoms with Gasteiger partial charge in [-0.3, -0.25) is 9.52 Å². The average Bonchev–Trinajstić information content (AvgIpc) is 2.15. The molecular weight excluding hydrogens is 266 g/mol. The van der Waals surface area contributed by atoms with E-state index in [2.05, 4.69) is 10.0 Å². The van der Waals surface area contributed by atoms with Crippen LogP contribution in [0, 0.1) is 0 Å². The highest BCUT2D eigenvalue weighted by Gasteiger charge is 2.05. The van der Waals surface area contributed by atoms with Crippen molar-refractivity contribution in [1.82, 2.24) is 0 Å². The summed E-state index contributed by atoms with van der Waals surface area (Å²) in [4.78, 5) is 11.3. The summed E-state index contributed by atoms with van der Waals surface area (Å²) >= 11 is 5.41. The molecule has 0 aromatic heterocycles. The SMILES string of the molecule is NS(=O)(=O)Nc1cccc(NC(=O)CCCl)c1. The monoisotopic (exact) mass is 277 g/mol. The van der Waals surface area contributed by atoms with Gasteiger partial charge in [0.15, 0.2) is 0 Å².